The Labute approximate surface area is 151 Å². The Morgan fingerprint density at radius 3 is 2.52 bits per heavy atom. The molecule has 0 unspecified atom stereocenters. The van der Waals surface area contributed by atoms with Crippen molar-refractivity contribution in [3.8, 4) is 12.3 Å². The topological polar surface area (TPSA) is 34.4 Å². The summed E-state index contributed by atoms with van der Waals surface area (Å²) in [5.41, 5.74) is 6.08. The summed E-state index contributed by atoms with van der Waals surface area (Å²) < 4.78 is 3.05. The molecule has 0 radical (unpaired) electrons. The minimum absolute atomic E-state index is 0.232. The van der Waals surface area contributed by atoms with Gasteiger partial charge in [-0.3, -0.25) is 4.79 Å². The molecule has 0 fully saturated rings. The van der Waals surface area contributed by atoms with Crippen molar-refractivity contribution >= 4 is 27.5 Å². The van der Waals surface area contributed by atoms with Gasteiger partial charge in [0.25, 0.3) is 5.91 Å². The SMILES string of the molecule is C#CCn1c(=NC(=O)c2ccc(C)cc2C)sc2cc(C)cc(C)c21. The van der Waals surface area contributed by atoms with Crippen molar-refractivity contribution in [3.63, 3.8) is 0 Å². The summed E-state index contributed by atoms with van der Waals surface area (Å²) in [6.45, 7) is 8.46. The van der Waals surface area contributed by atoms with Crippen LogP contribution in [0.1, 0.15) is 32.6 Å². The van der Waals surface area contributed by atoms with Crippen molar-refractivity contribution in [2.24, 2.45) is 4.99 Å². The number of aryl methyl sites for hydroxylation is 4. The van der Waals surface area contributed by atoms with Gasteiger partial charge in [-0.05, 0) is 56.5 Å². The smallest absolute Gasteiger partial charge is 0.279 e. The van der Waals surface area contributed by atoms with E-state index in [0.29, 0.717) is 16.9 Å². The number of amides is 1. The number of hydrogen-bond donors (Lipinski definition) is 0. The van der Waals surface area contributed by atoms with Crippen LogP contribution in [0.25, 0.3) is 10.2 Å². The highest BCUT2D eigenvalue weighted by molar-refractivity contribution is 7.16. The van der Waals surface area contributed by atoms with E-state index in [2.05, 4.69) is 36.9 Å². The van der Waals surface area contributed by atoms with Gasteiger partial charge in [-0.25, -0.2) is 0 Å². The van der Waals surface area contributed by atoms with Crippen LogP contribution >= 0.6 is 11.3 Å². The number of benzene rings is 2. The summed E-state index contributed by atoms with van der Waals surface area (Å²) in [5.74, 6) is 2.44. The molecule has 0 aliphatic rings. The van der Waals surface area contributed by atoms with E-state index in [-0.39, 0.29) is 5.91 Å². The van der Waals surface area contributed by atoms with Crippen molar-refractivity contribution in [1.29, 1.82) is 0 Å². The lowest BCUT2D eigenvalue weighted by molar-refractivity contribution is 0.0997. The van der Waals surface area contributed by atoms with Gasteiger partial charge in [0.1, 0.15) is 0 Å². The van der Waals surface area contributed by atoms with Crippen LogP contribution in [0.5, 0.6) is 0 Å². The van der Waals surface area contributed by atoms with Crippen molar-refractivity contribution in [2.75, 3.05) is 0 Å². The number of fused-ring (bicyclic) bond motifs is 1. The molecule has 0 saturated carbocycles. The summed E-state index contributed by atoms with van der Waals surface area (Å²) in [7, 11) is 0. The van der Waals surface area contributed by atoms with Crippen LogP contribution in [-0.2, 0) is 6.54 Å². The van der Waals surface area contributed by atoms with E-state index in [4.69, 9.17) is 6.42 Å². The summed E-state index contributed by atoms with van der Waals surface area (Å²) in [4.78, 5) is 17.7. The quantitative estimate of drug-likeness (QED) is 0.636. The zero-order valence-electron chi connectivity index (χ0n) is 14.9. The van der Waals surface area contributed by atoms with Gasteiger partial charge in [-0.1, -0.05) is 41.0 Å². The number of aromatic nitrogens is 1. The second-order valence-electron chi connectivity index (χ2n) is 6.34. The normalized spacial score (nSPS) is 11.7. The largest absolute Gasteiger partial charge is 0.304 e. The first kappa shape index (κ1) is 17.2. The molecule has 0 aliphatic heterocycles. The van der Waals surface area contributed by atoms with Crippen LogP contribution in [0.15, 0.2) is 35.3 Å². The predicted octanol–water partition coefficient (Wildman–Crippen LogP) is 4.31. The van der Waals surface area contributed by atoms with Crippen LogP contribution in [-0.4, -0.2) is 10.5 Å². The van der Waals surface area contributed by atoms with Gasteiger partial charge in [0.2, 0.25) is 0 Å². The van der Waals surface area contributed by atoms with E-state index in [9.17, 15) is 4.79 Å². The molecule has 1 heterocycles. The van der Waals surface area contributed by atoms with Gasteiger partial charge in [-0.2, -0.15) is 4.99 Å². The molecule has 0 spiro atoms. The molecule has 3 rings (SSSR count). The maximum absolute atomic E-state index is 12.7. The van der Waals surface area contributed by atoms with E-state index in [1.165, 1.54) is 16.9 Å². The van der Waals surface area contributed by atoms with Gasteiger partial charge in [0.05, 0.1) is 16.8 Å². The van der Waals surface area contributed by atoms with Crippen LogP contribution in [0.3, 0.4) is 0 Å². The third kappa shape index (κ3) is 3.29. The van der Waals surface area contributed by atoms with Crippen LogP contribution < -0.4 is 4.80 Å². The van der Waals surface area contributed by atoms with Gasteiger partial charge in [0, 0.05) is 5.56 Å². The predicted molar refractivity (Wildman–Crippen MR) is 104 cm³/mol. The molecule has 2 aromatic carbocycles. The van der Waals surface area contributed by atoms with E-state index in [1.54, 1.807) is 0 Å². The van der Waals surface area contributed by atoms with Gasteiger partial charge < -0.3 is 4.57 Å². The average molecular weight is 348 g/mol. The Kier molecular flexibility index (Phi) is 4.61. The Balaban J connectivity index is 2.22. The number of rotatable bonds is 2. The number of thiazole rings is 1. The van der Waals surface area contributed by atoms with E-state index in [0.717, 1.165) is 26.9 Å². The number of carbonyl (C=O) groups is 1. The number of hydrogen-bond acceptors (Lipinski definition) is 2. The molecule has 0 atom stereocenters. The summed E-state index contributed by atoms with van der Waals surface area (Å²) in [6.07, 6.45) is 5.55. The first-order valence-corrected chi connectivity index (χ1v) is 8.92. The monoisotopic (exact) mass is 348 g/mol. The van der Waals surface area contributed by atoms with Crippen molar-refractivity contribution in [1.82, 2.24) is 4.57 Å². The Morgan fingerprint density at radius 1 is 1.12 bits per heavy atom. The second kappa shape index (κ2) is 6.70. The zero-order chi connectivity index (χ0) is 18.1. The van der Waals surface area contributed by atoms with Gasteiger partial charge >= 0.3 is 0 Å². The Morgan fingerprint density at radius 2 is 1.84 bits per heavy atom. The second-order valence-corrected chi connectivity index (χ2v) is 7.35. The van der Waals surface area contributed by atoms with Crippen LogP contribution in [0, 0.1) is 40.0 Å². The lowest BCUT2D eigenvalue weighted by atomic mass is 10.1. The van der Waals surface area contributed by atoms with Crippen molar-refractivity contribution < 1.29 is 4.79 Å². The lowest BCUT2D eigenvalue weighted by Crippen LogP contribution is -2.17. The Bertz CT molecular complexity index is 1090. The maximum Gasteiger partial charge on any atom is 0.279 e. The first-order valence-electron chi connectivity index (χ1n) is 8.11. The molecule has 1 amide bonds. The third-order valence-electron chi connectivity index (χ3n) is 4.17. The van der Waals surface area contributed by atoms with E-state index >= 15 is 0 Å². The Hall–Kier alpha value is -2.64. The van der Waals surface area contributed by atoms with Crippen molar-refractivity contribution in [2.45, 2.75) is 34.2 Å². The fraction of sp³-hybridized carbons (Fsp3) is 0.238. The van der Waals surface area contributed by atoms with Crippen molar-refractivity contribution in [3.05, 3.63) is 63.0 Å². The number of nitrogens with zero attached hydrogens (tertiary/aromatic N) is 2. The van der Waals surface area contributed by atoms with Crippen LogP contribution in [0.4, 0.5) is 0 Å². The number of terminal acetylenes is 1. The molecule has 0 aliphatic carbocycles. The molecule has 0 saturated heterocycles. The highest BCUT2D eigenvalue weighted by Crippen LogP contribution is 2.23. The fourth-order valence-electron chi connectivity index (χ4n) is 3.12. The molecule has 0 bridgehead atoms. The fourth-order valence-corrected chi connectivity index (χ4v) is 4.32. The standard InChI is InChI=1S/C21H20N2OS/c1-6-9-23-19-16(5)11-14(3)12-18(19)25-21(23)22-20(24)17-8-7-13(2)10-15(17)4/h1,7-8,10-12H,9H2,2-5H3. The summed E-state index contributed by atoms with van der Waals surface area (Å²) in [5, 5.41) is 0. The average Bonchev–Trinajstić information content (AvgIpc) is 2.85. The lowest BCUT2D eigenvalue weighted by Gasteiger charge is -2.05. The highest BCUT2D eigenvalue weighted by Gasteiger charge is 2.12. The van der Waals surface area contributed by atoms with Gasteiger partial charge in [0.15, 0.2) is 4.80 Å². The molecule has 25 heavy (non-hydrogen) atoms. The molecule has 3 aromatic rings. The molecular formula is C21H20N2OS. The summed E-state index contributed by atoms with van der Waals surface area (Å²) >= 11 is 1.50. The number of carbonyl (C=O) groups excluding carboxylic acids is 1. The van der Waals surface area contributed by atoms with Crippen LogP contribution in [0.2, 0.25) is 0 Å². The molecule has 1 aromatic heterocycles. The molecule has 4 heteroatoms. The minimum Gasteiger partial charge on any atom is -0.304 e. The molecule has 126 valence electrons. The van der Waals surface area contributed by atoms with Gasteiger partial charge in [-0.15, -0.1) is 6.42 Å². The zero-order valence-corrected chi connectivity index (χ0v) is 15.7. The third-order valence-corrected chi connectivity index (χ3v) is 5.20. The summed E-state index contributed by atoms with van der Waals surface area (Å²) in [6, 6.07) is 10.0. The van der Waals surface area contributed by atoms with E-state index in [1.807, 2.05) is 36.6 Å². The molecule has 0 N–H and O–H groups in total. The highest BCUT2D eigenvalue weighted by atomic mass is 32.1. The molecular weight excluding hydrogens is 328 g/mol. The molecule has 3 nitrogen and oxygen atoms in total. The maximum atomic E-state index is 12.7. The first-order chi connectivity index (χ1) is 11.9. The van der Waals surface area contributed by atoms with E-state index < -0.39 is 0 Å². The minimum atomic E-state index is -0.232.